The molecule has 0 bridgehead atoms. The smallest absolute Gasteiger partial charge is 0.125 e. The van der Waals surface area contributed by atoms with Gasteiger partial charge >= 0.3 is 0 Å². The lowest BCUT2D eigenvalue weighted by Crippen LogP contribution is -2.26. The number of aryl methyl sites for hydroxylation is 1. The number of rotatable bonds is 4. The van der Waals surface area contributed by atoms with Crippen LogP contribution in [0.15, 0.2) is 18.2 Å². The van der Waals surface area contributed by atoms with E-state index in [0.29, 0.717) is 0 Å². The molecule has 0 amide bonds. The van der Waals surface area contributed by atoms with Crippen molar-refractivity contribution in [3.8, 4) is 5.75 Å². The number of ether oxygens (including phenoxy) is 1. The van der Waals surface area contributed by atoms with Crippen LogP contribution in [0.1, 0.15) is 37.0 Å². The molecule has 0 aliphatic carbocycles. The number of fused-ring (bicyclic) bond motifs is 1. The van der Waals surface area contributed by atoms with Gasteiger partial charge in [-0.2, -0.15) is 11.8 Å². The van der Waals surface area contributed by atoms with E-state index in [9.17, 15) is 5.11 Å². The zero-order valence-corrected chi connectivity index (χ0v) is 11.3. The molecule has 1 heterocycles. The quantitative estimate of drug-likeness (QED) is 0.834. The van der Waals surface area contributed by atoms with E-state index in [4.69, 9.17) is 4.74 Å². The first-order valence-corrected chi connectivity index (χ1v) is 7.39. The number of hydrogen-bond acceptors (Lipinski definition) is 3. The predicted molar refractivity (Wildman–Crippen MR) is 72.8 cm³/mol. The van der Waals surface area contributed by atoms with Crippen molar-refractivity contribution in [2.45, 2.75) is 38.9 Å². The fraction of sp³-hybridized carbons (Fsp3) is 0.571. The Balaban J connectivity index is 2.03. The Morgan fingerprint density at radius 3 is 3.06 bits per heavy atom. The lowest BCUT2D eigenvalue weighted by Gasteiger charge is -2.29. The second kappa shape index (κ2) is 5.78. The Morgan fingerprint density at radius 2 is 2.29 bits per heavy atom. The van der Waals surface area contributed by atoms with Gasteiger partial charge in [0.15, 0.2) is 0 Å². The first kappa shape index (κ1) is 12.8. The minimum absolute atomic E-state index is 0.166. The van der Waals surface area contributed by atoms with Gasteiger partial charge in [-0.05, 0) is 37.0 Å². The summed E-state index contributed by atoms with van der Waals surface area (Å²) in [6.45, 7) is 4.20. The van der Waals surface area contributed by atoms with Crippen LogP contribution in [-0.2, 0) is 0 Å². The van der Waals surface area contributed by atoms with E-state index in [-0.39, 0.29) is 12.2 Å². The molecule has 0 aromatic heterocycles. The standard InChI is InChI=1S/C14H20O2S/c1-3-17-7-6-11-9-13(15)12-8-10(2)4-5-14(12)16-11/h4-5,8,11,13,15H,3,6-7,9H2,1-2H3. The Hall–Kier alpha value is -0.670. The second-order valence-electron chi connectivity index (χ2n) is 4.52. The summed E-state index contributed by atoms with van der Waals surface area (Å²) in [5.74, 6) is 3.11. The van der Waals surface area contributed by atoms with E-state index in [1.165, 1.54) is 5.56 Å². The van der Waals surface area contributed by atoms with E-state index < -0.39 is 0 Å². The molecule has 0 radical (unpaired) electrons. The van der Waals surface area contributed by atoms with Crippen LogP contribution in [0.3, 0.4) is 0 Å². The minimum Gasteiger partial charge on any atom is -0.490 e. The predicted octanol–water partition coefficient (Wildman–Crippen LogP) is 3.32. The fourth-order valence-corrected chi connectivity index (χ4v) is 2.89. The minimum atomic E-state index is -0.365. The third-order valence-corrected chi connectivity index (χ3v) is 4.02. The highest BCUT2D eigenvalue weighted by molar-refractivity contribution is 7.99. The SMILES string of the molecule is CCSCCC1CC(O)c2cc(C)ccc2O1. The van der Waals surface area contributed by atoms with Gasteiger partial charge in [-0.25, -0.2) is 0 Å². The second-order valence-corrected chi connectivity index (χ2v) is 5.91. The summed E-state index contributed by atoms with van der Waals surface area (Å²) in [7, 11) is 0. The number of aliphatic hydroxyl groups is 1. The molecule has 0 spiro atoms. The van der Waals surface area contributed by atoms with Gasteiger partial charge in [0.2, 0.25) is 0 Å². The molecule has 1 aromatic rings. The Morgan fingerprint density at radius 1 is 1.47 bits per heavy atom. The van der Waals surface area contributed by atoms with E-state index in [1.54, 1.807) is 0 Å². The summed E-state index contributed by atoms with van der Waals surface area (Å²) in [4.78, 5) is 0. The van der Waals surface area contributed by atoms with Gasteiger partial charge in [-0.15, -0.1) is 0 Å². The van der Waals surface area contributed by atoms with Crippen LogP contribution >= 0.6 is 11.8 Å². The maximum atomic E-state index is 10.1. The molecule has 1 aliphatic heterocycles. The Kier molecular flexibility index (Phi) is 4.35. The molecule has 2 atom stereocenters. The zero-order chi connectivity index (χ0) is 12.3. The highest BCUT2D eigenvalue weighted by Gasteiger charge is 2.26. The summed E-state index contributed by atoms with van der Waals surface area (Å²) in [5, 5.41) is 10.1. The molecule has 1 N–H and O–H groups in total. The van der Waals surface area contributed by atoms with Crippen molar-refractivity contribution < 1.29 is 9.84 Å². The van der Waals surface area contributed by atoms with Crippen LogP contribution in [0.2, 0.25) is 0 Å². The highest BCUT2D eigenvalue weighted by atomic mass is 32.2. The lowest BCUT2D eigenvalue weighted by atomic mass is 9.96. The van der Waals surface area contributed by atoms with E-state index in [2.05, 4.69) is 6.92 Å². The van der Waals surface area contributed by atoms with Crippen LogP contribution < -0.4 is 4.74 Å². The summed E-state index contributed by atoms with van der Waals surface area (Å²) >= 11 is 1.93. The molecule has 1 aromatic carbocycles. The Labute approximate surface area is 107 Å². The van der Waals surface area contributed by atoms with Gasteiger partial charge in [0, 0.05) is 12.0 Å². The van der Waals surface area contributed by atoms with Crippen LogP contribution in [0.4, 0.5) is 0 Å². The van der Waals surface area contributed by atoms with E-state index in [1.807, 2.05) is 36.9 Å². The van der Waals surface area contributed by atoms with E-state index >= 15 is 0 Å². The third kappa shape index (κ3) is 3.17. The number of thioether (sulfide) groups is 1. The molecule has 17 heavy (non-hydrogen) atoms. The molecule has 0 fully saturated rings. The van der Waals surface area contributed by atoms with Crippen molar-refractivity contribution >= 4 is 11.8 Å². The van der Waals surface area contributed by atoms with Gasteiger partial charge in [0.1, 0.15) is 11.9 Å². The van der Waals surface area contributed by atoms with Crippen molar-refractivity contribution in [2.75, 3.05) is 11.5 Å². The molecule has 0 saturated heterocycles. The first-order valence-electron chi connectivity index (χ1n) is 6.23. The van der Waals surface area contributed by atoms with Crippen LogP contribution in [0.25, 0.3) is 0 Å². The maximum Gasteiger partial charge on any atom is 0.125 e. The van der Waals surface area contributed by atoms with Crippen molar-refractivity contribution in [3.63, 3.8) is 0 Å². The van der Waals surface area contributed by atoms with Crippen LogP contribution in [0, 0.1) is 6.92 Å². The van der Waals surface area contributed by atoms with Crippen LogP contribution in [0.5, 0.6) is 5.75 Å². The molecule has 94 valence electrons. The molecule has 3 heteroatoms. The monoisotopic (exact) mass is 252 g/mol. The maximum absolute atomic E-state index is 10.1. The summed E-state index contributed by atoms with van der Waals surface area (Å²) in [6.07, 6.45) is 1.54. The topological polar surface area (TPSA) is 29.5 Å². The number of hydrogen-bond donors (Lipinski definition) is 1. The molecular weight excluding hydrogens is 232 g/mol. The molecule has 1 aliphatic rings. The summed E-state index contributed by atoms with van der Waals surface area (Å²) < 4.78 is 5.93. The molecule has 0 saturated carbocycles. The number of benzene rings is 1. The normalized spacial score (nSPS) is 23.0. The van der Waals surface area contributed by atoms with Gasteiger partial charge in [-0.3, -0.25) is 0 Å². The average Bonchev–Trinajstić information content (AvgIpc) is 2.31. The molecular formula is C14H20O2S. The van der Waals surface area contributed by atoms with Crippen molar-refractivity contribution in [1.29, 1.82) is 0 Å². The first-order chi connectivity index (χ1) is 8.20. The Bertz CT molecular complexity index is 378. The molecule has 2 nitrogen and oxygen atoms in total. The summed E-state index contributed by atoms with van der Waals surface area (Å²) in [6, 6.07) is 6.04. The highest BCUT2D eigenvalue weighted by Crippen LogP contribution is 2.36. The van der Waals surface area contributed by atoms with Crippen molar-refractivity contribution in [1.82, 2.24) is 0 Å². The van der Waals surface area contributed by atoms with Crippen LogP contribution in [-0.4, -0.2) is 22.7 Å². The van der Waals surface area contributed by atoms with Crippen molar-refractivity contribution in [2.24, 2.45) is 0 Å². The summed E-state index contributed by atoms with van der Waals surface area (Å²) in [5.41, 5.74) is 2.12. The molecule has 2 rings (SSSR count). The van der Waals surface area contributed by atoms with Crippen molar-refractivity contribution in [3.05, 3.63) is 29.3 Å². The van der Waals surface area contributed by atoms with E-state index in [0.717, 1.165) is 35.7 Å². The van der Waals surface area contributed by atoms with Gasteiger partial charge < -0.3 is 9.84 Å². The average molecular weight is 252 g/mol. The fourth-order valence-electron chi connectivity index (χ4n) is 2.18. The molecule has 2 unspecified atom stereocenters. The number of aliphatic hydroxyl groups excluding tert-OH is 1. The van der Waals surface area contributed by atoms with Gasteiger partial charge in [0.05, 0.1) is 6.10 Å². The third-order valence-electron chi connectivity index (χ3n) is 3.09. The largest absolute Gasteiger partial charge is 0.490 e. The van der Waals surface area contributed by atoms with Gasteiger partial charge in [-0.1, -0.05) is 18.6 Å². The lowest BCUT2D eigenvalue weighted by molar-refractivity contribution is 0.0648. The zero-order valence-electron chi connectivity index (χ0n) is 10.5. The van der Waals surface area contributed by atoms with Gasteiger partial charge in [0.25, 0.3) is 0 Å².